The van der Waals surface area contributed by atoms with Crippen molar-refractivity contribution in [2.75, 3.05) is 5.32 Å². The van der Waals surface area contributed by atoms with E-state index in [0.717, 1.165) is 23.2 Å². The Balaban J connectivity index is 1.64. The number of nitrogens with one attached hydrogen (secondary N) is 1. The first kappa shape index (κ1) is 20.3. The van der Waals surface area contributed by atoms with Gasteiger partial charge in [0.1, 0.15) is 12.4 Å². The lowest BCUT2D eigenvalue weighted by atomic mass is 10.1. The number of anilines is 1. The lowest BCUT2D eigenvalue weighted by molar-refractivity contribution is 0.101. The topological polar surface area (TPSA) is 56.2 Å². The summed E-state index contributed by atoms with van der Waals surface area (Å²) in [6, 6.07) is 23.2. The van der Waals surface area contributed by atoms with Crippen LogP contribution in [0.1, 0.15) is 28.5 Å². The van der Waals surface area contributed by atoms with E-state index in [1.807, 2.05) is 61.5 Å². The molecule has 5 nitrogen and oxygen atoms in total. The number of amides is 1. The molecule has 4 aromatic rings. The fourth-order valence-electron chi connectivity index (χ4n) is 3.21. The van der Waals surface area contributed by atoms with Crippen molar-refractivity contribution in [1.29, 1.82) is 0 Å². The van der Waals surface area contributed by atoms with Gasteiger partial charge >= 0.3 is 0 Å². The Kier molecular flexibility index (Phi) is 6.08. The maximum atomic E-state index is 13.3. The average molecular weight is 415 g/mol. The number of nitrogens with zero attached hydrogens (tertiary/aromatic N) is 2. The molecule has 0 spiro atoms. The minimum Gasteiger partial charge on any atom is -0.485 e. The van der Waals surface area contributed by atoms with Crippen LogP contribution in [0.3, 0.4) is 0 Å². The summed E-state index contributed by atoms with van der Waals surface area (Å²) in [6.07, 6.45) is 2.43. The van der Waals surface area contributed by atoms with Gasteiger partial charge in [0.25, 0.3) is 5.91 Å². The fourth-order valence-corrected chi connectivity index (χ4v) is 3.21. The Labute approximate surface area is 180 Å². The van der Waals surface area contributed by atoms with Crippen LogP contribution in [0.5, 0.6) is 5.75 Å². The van der Waals surface area contributed by atoms with Crippen LogP contribution >= 0.6 is 0 Å². The highest BCUT2D eigenvalue weighted by Crippen LogP contribution is 2.24. The molecule has 0 atom stereocenters. The van der Waals surface area contributed by atoms with E-state index in [1.165, 1.54) is 16.8 Å². The van der Waals surface area contributed by atoms with Gasteiger partial charge in [-0.2, -0.15) is 5.10 Å². The number of carbonyl (C=O) groups excluding carboxylic acids is 1. The lowest BCUT2D eigenvalue weighted by Gasteiger charge is -2.10. The zero-order valence-corrected chi connectivity index (χ0v) is 17.1. The van der Waals surface area contributed by atoms with Gasteiger partial charge in [-0.15, -0.1) is 0 Å². The zero-order chi connectivity index (χ0) is 21.6. The minimum absolute atomic E-state index is 0.158. The van der Waals surface area contributed by atoms with Gasteiger partial charge in [0, 0.05) is 5.69 Å². The van der Waals surface area contributed by atoms with Crippen molar-refractivity contribution in [3.8, 4) is 11.4 Å². The van der Waals surface area contributed by atoms with Crippen LogP contribution in [0, 0.1) is 5.82 Å². The molecule has 1 heterocycles. The Hall–Kier alpha value is -3.93. The second-order valence-corrected chi connectivity index (χ2v) is 7.00. The van der Waals surface area contributed by atoms with Crippen LogP contribution < -0.4 is 10.1 Å². The maximum absolute atomic E-state index is 13.3. The highest BCUT2D eigenvalue weighted by atomic mass is 19.1. The highest BCUT2D eigenvalue weighted by molar-refractivity contribution is 6.05. The summed E-state index contributed by atoms with van der Waals surface area (Å²) in [4.78, 5) is 13.1. The first-order valence-corrected chi connectivity index (χ1v) is 10.1. The van der Waals surface area contributed by atoms with E-state index in [2.05, 4.69) is 10.4 Å². The predicted molar refractivity (Wildman–Crippen MR) is 118 cm³/mol. The van der Waals surface area contributed by atoms with E-state index in [4.69, 9.17) is 4.74 Å². The Bertz CT molecular complexity index is 1170. The number of hydrogen-bond acceptors (Lipinski definition) is 3. The van der Waals surface area contributed by atoms with Crippen molar-refractivity contribution in [3.05, 3.63) is 108 Å². The molecule has 1 aromatic heterocycles. The van der Waals surface area contributed by atoms with E-state index in [-0.39, 0.29) is 17.4 Å². The van der Waals surface area contributed by atoms with Crippen molar-refractivity contribution in [2.24, 2.45) is 0 Å². The third kappa shape index (κ3) is 4.80. The quantitative estimate of drug-likeness (QED) is 0.439. The Morgan fingerprint density at radius 3 is 2.45 bits per heavy atom. The van der Waals surface area contributed by atoms with E-state index >= 15 is 0 Å². The van der Waals surface area contributed by atoms with Gasteiger partial charge in [-0.25, -0.2) is 9.07 Å². The number of ether oxygens (including phenoxy) is 1. The SMILES string of the molecule is CCc1ccccc1NC(=O)c1nn(-c2ccc(F)cc2)cc1OCc1ccccc1. The standard InChI is InChI=1S/C25H22FN3O2/c1-2-19-10-6-7-11-22(19)27-25(30)24-23(31-17-18-8-4-3-5-9-18)16-29(28-24)21-14-12-20(26)13-15-21/h3-16H,2,17H2,1H3,(H,27,30). The third-order valence-corrected chi connectivity index (χ3v) is 4.87. The van der Waals surface area contributed by atoms with Crippen LogP contribution in [-0.2, 0) is 13.0 Å². The number of hydrogen-bond donors (Lipinski definition) is 1. The zero-order valence-electron chi connectivity index (χ0n) is 17.1. The molecule has 0 unspecified atom stereocenters. The number of aromatic nitrogens is 2. The van der Waals surface area contributed by atoms with Crippen LogP contribution in [0.15, 0.2) is 85.1 Å². The number of halogens is 1. The average Bonchev–Trinajstić information content (AvgIpc) is 3.23. The van der Waals surface area contributed by atoms with E-state index < -0.39 is 0 Å². The molecule has 31 heavy (non-hydrogen) atoms. The van der Waals surface area contributed by atoms with E-state index in [1.54, 1.807) is 18.3 Å². The predicted octanol–water partition coefficient (Wildman–Crippen LogP) is 5.41. The van der Waals surface area contributed by atoms with Gasteiger partial charge in [-0.3, -0.25) is 4.79 Å². The molecule has 3 aromatic carbocycles. The number of rotatable bonds is 7. The summed E-state index contributed by atoms with van der Waals surface area (Å²) in [5.74, 6) is -0.366. The summed E-state index contributed by atoms with van der Waals surface area (Å²) in [5.41, 5.74) is 3.52. The summed E-state index contributed by atoms with van der Waals surface area (Å²) in [7, 11) is 0. The molecule has 4 rings (SSSR count). The first-order valence-electron chi connectivity index (χ1n) is 10.1. The van der Waals surface area contributed by atoms with E-state index in [0.29, 0.717) is 18.0 Å². The summed E-state index contributed by atoms with van der Waals surface area (Å²) in [5, 5.41) is 7.37. The Morgan fingerprint density at radius 1 is 1.00 bits per heavy atom. The lowest BCUT2D eigenvalue weighted by Crippen LogP contribution is -2.15. The first-order chi connectivity index (χ1) is 15.1. The highest BCUT2D eigenvalue weighted by Gasteiger charge is 2.20. The molecule has 0 aliphatic carbocycles. The molecule has 0 fully saturated rings. The smallest absolute Gasteiger partial charge is 0.280 e. The maximum Gasteiger partial charge on any atom is 0.280 e. The van der Waals surface area contributed by atoms with Crippen molar-refractivity contribution in [1.82, 2.24) is 9.78 Å². The molecule has 0 aliphatic heterocycles. The third-order valence-electron chi connectivity index (χ3n) is 4.87. The Morgan fingerprint density at radius 2 is 1.71 bits per heavy atom. The van der Waals surface area contributed by atoms with Gasteiger partial charge in [-0.05, 0) is 47.9 Å². The molecule has 0 saturated carbocycles. The number of benzene rings is 3. The molecule has 1 amide bonds. The van der Waals surface area contributed by atoms with Gasteiger partial charge in [0.05, 0.1) is 11.9 Å². The number of carbonyl (C=O) groups is 1. The summed E-state index contributed by atoms with van der Waals surface area (Å²) in [6.45, 7) is 2.32. The second-order valence-electron chi connectivity index (χ2n) is 7.00. The fraction of sp³-hybridized carbons (Fsp3) is 0.120. The van der Waals surface area contributed by atoms with Crippen LogP contribution in [0.25, 0.3) is 5.69 Å². The van der Waals surface area contributed by atoms with Gasteiger partial charge in [-0.1, -0.05) is 55.5 Å². The molecule has 0 aliphatic rings. The number of aryl methyl sites for hydroxylation is 1. The number of para-hydroxylation sites is 1. The molecule has 0 bridgehead atoms. The van der Waals surface area contributed by atoms with Crippen LogP contribution in [-0.4, -0.2) is 15.7 Å². The van der Waals surface area contributed by atoms with Crippen molar-refractivity contribution in [2.45, 2.75) is 20.0 Å². The summed E-state index contributed by atoms with van der Waals surface area (Å²) >= 11 is 0. The van der Waals surface area contributed by atoms with Crippen molar-refractivity contribution >= 4 is 11.6 Å². The largest absolute Gasteiger partial charge is 0.485 e. The van der Waals surface area contributed by atoms with Crippen LogP contribution in [0.2, 0.25) is 0 Å². The normalized spacial score (nSPS) is 10.6. The van der Waals surface area contributed by atoms with E-state index in [9.17, 15) is 9.18 Å². The molecule has 156 valence electrons. The molecule has 1 N–H and O–H groups in total. The molecular formula is C25H22FN3O2. The van der Waals surface area contributed by atoms with Gasteiger partial charge < -0.3 is 10.1 Å². The van der Waals surface area contributed by atoms with Gasteiger partial charge in [0.15, 0.2) is 11.4 Å². The molecule has 6 heteroatoms. The summed E-state index contributed by atoms with van der Waals surface area (Å²) < 4.78 is 20.8. The molecule has 0 radical (unpaired) electrons. The minimum atomic E-state index is -0.371. The monoisotopic (exact) mass is 415 g/mol. The van der Waals surface area contributed by atoms with Crippen molar-refractivity contribution < 1.29 is 13.9 Å². The van der Waals surface area contributed by atoms with Crippen LogP contribution in [0.4, 0.5) is 10.1 Å². The van der Waals surface area contributed by atoms with Crippen molar-refractivity contribution in [3.63, 3.8) is 0 Å². The molecular weight excluding hydrogens is 393 g/mol. The second kappa shape index (κ2) is 9.26. The van der Waals surface area contributed by atoms with Gasteiger partial charge in [0.2, 0.25) is 0 Å². The molecule has 0 saturated heterocycles.